The number of benzene rings is 1. The Labute approximate surface area is 167 Å². The van der Waals surface area contributed by atoms with Crippen LogP contribution in [-0.4, -0.2) is 52.2 Å². The van der Waals surface area contributed by atoms with Crippen LogP contribution in [0.1, 0.15) is 18.9 Å². The number of halogens is 2. The highest BCUT2D eigenvalue weighted by molar-refractivity contribution is 14.0. The summed E-state index contributed by atoms with van der Waals surface area (Å²) < 4.78 is 25.2. The van der Waals surface area contributed by atoms with E-state index < -0.39 is 10.0 Å². The quantitative estimate of drug-likeness (QED) is 0.255. The summed E-state index contributed by atoms with van der Waals surface area (Å²) >= 11 is 5.99. The molecule has 138 valence electrons. The summed E-state index contributed by atoms with van der Waals surface area (Å²) in [6.07, 6.45) is 0.684. The summed E-state index contributed by atoms with van der Waals surface area (Å²) in [5.41, 5.74) is 1.10. The first-order chi connectivity index (χ1) is 10.9. The Kier molecular flexibility index (Phi) is 11.6. The average Bonchev–Trinajstić information content (AvgIpc) is 2.50. The Morgan fingerprint density at radius 2 is 2.04 bits per heavy atom. The average molecular weight is 489 g/mol. The normalized spacial score (nSPS) is 11.8. The third kappa shape index (κ3) is 9.05. The molecule has 0 bridgehead atoms. The van der Waals surface area contributed by atoms with Gasteiger partial charge in [0, 0.05) is 38.8 Å². The minimum Gasteiger partial charge on any atom is -0.356 e. The number of hydrogen-bond acceptors (Lipinski definition) is 3. The lowest BCUT2D eigenvalue weighted by Gasteiger charge is -2.22. The highest BCUT2D eigenvalue weighted by Gasteiger charge is 2.07. The van der Waals surface area contributed by atoms with Gasteiger partial charge in [0.2, 0.25) is 10.0 Å². The zero-order chi connectivity index (χ0) is 17.3. The second-order valence-electron chi connectivity index (χ2n) is 5.11. The molecule has 9 heteroatoms. The predicted molar refractivity (Wildman–Crippen MR) is 112 cm³/mol. The monoisotopic (exact) mass is 488 g/mol. The third-order valence-electron chi connectivity index (χ3n) is 3.22. The zero-order valence-electron chi connectivity index (χ0n) is 14.3. The molecule has 0 amide bonds. The summed E-state index contributed by atoms with van der Waals surface area (Å²) in [6.45, 7) is 3.35. The molecule has 0 heterocycles. The van der Waals surface area contributed by atoms with E-state index in [-0.39, 0.29) is 29.7 Å². The van der Waals surface area contributed by atoms with Gasteiger partial charge in [0.25, 0.3) is 0 Å². The largest absolute Gasteiger partial charge is 0.356 e. The van der Waals surface area contributed by atoms with Crippen molar-refractivity contribution in [3.8, 4) is 0 Å². The summed E-state index contributed by atoms with van der Waals surface area (Å²) in [7, 11) is 0.542. The molecule has 6 nitrogen and oxygen atoms in total. The van der Waals surface area contributed by atoms with Crippen LogP contribution in [0.4, 0.5) is 0 Å². The van der Waals surface area contributed by atoms with E-state index in [1.807, 2.05) is 36.2 Å². The summed E-state index contributed by atoms with van der Waals surface area (Å²) in [6, 6.07) is 7.69. The minimum absolute atomic E-state index is 0. The van der Waals surface area contributed by atoms with Gasteiger partial charge in [0.05, 0.1) is 5.75 Å². The van der Waals surface area contributed by atoms with E-state index in [0.717, 1.165) is 11.5 Å². The molecule has 0 atom stereocenters. The van der Waals surface area contributed by atoms with Gasteiger partial charge in [-0.2, -0.15) is 0 Å². The predicted octanol–water partition coefficient (Wildman–Crippen LogP) is 2.29. The van der Waals surface area contributed by atoms with Crippen molar-refractivity contribution in [2.45, 2.75) is 19.9 Å². The molecule has 0 unspecified atom stereocenters. The van der Waals surface area contributed by atoms with E-state index in [1.54, 1.807) is 14.0 Å². The molecule has 0 saturated heterocycles. The van der Waals surface area contributed by atoms with Crippen LogP contribution in [-0.2, 0) is 16.6 Å². The van der Waals surface area contributed by atoms with Crippen LogP contribution in [0.25, 0.3) is 0 Å². The molecule has 1 aromatic carbocycles. The van der Waals surface area contributed by atoms with Crippen LogP contribution >= 0.6 is 35.6 Å². The second-order valence-corrected chi connectivity index (χ2v) is 7.64. The van der Waals surface area contributed by atoms with Gasteiger partial charge in [-0.25, -0.2) is 13.1 Å². The topological polar surface area (TPSA) is 73.8 Å². The molecule has 0 fully saturated rings. The first kappa shape index (κ1) is 23.4. The molecule has 2 N–H and O–H groups in total. The Morgan fingerprint density at radius 3 is 2.62 bits per heavy atom. The van der Waals surface area contributed by atoms with Crippen molar-refractivity contribution < 1.29 is 8.42 Å². The lowest BCUT2D eigenvalue weighted by atomic mass is 10.2. The highest BCUT2D eigenvalue weighted by atomic mass is 127. The first-order valence-corrected chi connectivity index (χ1v) is 9.54. The van der Waals surface area contributed by atoms with E-state index in [9.17, 15) is 8.42 Å². The van der Waals surface area contributed by atoms with Crippen molar-refractivity contribution in [2.75, 3.05) is 32.9 Å². The molecular weight excluding hydrogens is 463 g/mol. The van der Waals surface area contributed by atoms with Gasteiger partial charge >= 0.3 is 0 Å². The molecule has 1 aromatic rings. The van der Waals surface area contributed by atoms with Gasteiger partial charge in [0.15, 0.2) is 5.96 Å². The molecule has 0 aliphatic heterocycles. The van der Waals surface area contributed by atoms with Crippen LogP contribution < -0.4 is 10.0 Å². The Hall–Kier alpha value is -0.580. The molecule has 0 radical (unpaired) electrons. The van der Waals surface area contributed by atoms with Crippen LogP contribution in [0.2, 0.25) is 5.02 Å². The summed E-state index contributed by atoms with van der Waals surface area (Å²) in [5, 5.41) is 3.93. The molecule has 1 rings (SSSR count). The van der Waals surface area contributed by atoms with E-state index in [0.29, 0.717) is 31.1 Å². The maximum absolute atomic E-state index is 11.3. The zero-order valence-corrected chi connectivity index (χ0v) is 18.2. The third-order valence-corrected chi connectivity index (χ3v) is 4.86. The number of aliphatic imine (C=N–C) groups is 1. The fourth-order valence-electron chi connectivity index (χ4n) is 1.99. The second kappa shape index (κ2) is 11.9. The van der Waals surface area contributed by atoms with Gasteiger partial charge in [-0.05, 0) is 31.0 Å². The number of hydrogen-bond donors (Lipinski definition) is 2. The molecule has 0 aliphatic carbocycles. The van der Waals surface area contributed by atoms with Crippen molar-refractivity contribution in [1.82, 2.24) is 14.9 Å². The fraction of sp³-hybridized carbons (Fsp3) is 0.533. The maximum Gasteiger partial charge on any atom is 0.211 e. The molecule has 0 saturated carbocycles. The van der Waals surface area contributed by atoms with Crippen molar-refractivity contribution in [2.24, 2.45) is 4.99 Å². The maximum atomic E-state index is 11.3. The summed E-state index contributed by atoms with van der Waals surface area (Å²) in [4.78, 5) is 6.22. The number of rotatable bonds is 8. The lowest BCUT2D eigenvalue weighted by Crippen LogP contribution is -2.39. The Morgan fingerprint density at radius 1 is 1.33 bits per heavy atom. The molecule has 24 heavy (non-hydrogen) atoms. The minimum atomic E-state index is -3.12. The van der Waals surface area contributed by atoms with E-state index in [4.69, 9.17) is 11.6 Å². The van der Waals surface area contributed by atoms with Crippen molar-refractivity contribution in [3.05, 3.63) is 34.9 Å². The summed E-state index contributed by atoms with van der Waals surface area (Å²) in [5.74, 6) is 0.855. The smallest absolute Gasteiger partial charge is 0.211 e. The van der Waals surface area contributed by atoms with Gasteiger partial charge in [-0.1, -0.05) is 23.7 Å². The van der Waals surface area contributed by atoms with Gasteiger partial charge in [-0.15, -0.1) is 24.0 Å². The van der Waals surface area contributed by atoms with Crippen LogP contribution in [0.5, 0.6) is 0 Å². The fourth-order valence-corrected chi connectivity index (χ4v) is 2.86. The van der Waals surface area contributed by atoms with Crippen molar-refractivity contribution in [1.29, 1.82) is 0 Å². The van der Waals surface area contributed by atoms with Crippen LogP contribution in [0.3, 0.4) is 0 Å². The lowest BCUT2D eigenvalue weighted by molar-refractivity contribution is 0.475. The van der Waals surface area contributed by atoms with E-state index in [1.165, 1.54) is 0 Å². The van der Waals surface area contributed by atoms with E-state index >= 15 is 0 Å². The number of nitrogens with one attached hydrogen (secondary N) is 2. The standard InChI is InChI=1S/C15H25ClN4O2S.HI/c1-4-23(21,22)19-10-6-9-18-15(17-2)20(3)12-13-7-5-8-14(16)11-13;/h5,7-8,11,19H,4,6,9-10,12H2,1-3H3,(H,17,18);1H. The van der Waals surface area contributed by atoms with Crippen molar-refractivity contribution in [3.63, 3.8) is 0 Å². The number of guanidine groups is 1. The van der Waals surface area contributed by atoms with Gasteiger partial charge in [0.1, 0.15) is 0 Å². The molecule has 0 spiro atoms. The van der Waals surface area contributed by atoms with Gasteiger partial charge in [-0.3, -0.25) is 4.99 Å². The van der Waals surface area contributed by atoms with E-state index in [2.05, 4.69) is 15.0 Å². The van der Waals surface area contributed by atoms with Crippen molar-refractivity contribution >= 4 is 51.6 Å². The Balaban J connectivity index is 0.00000529. The number of nitrogens with zero attached hydrogens (tertiary/aromatic N) is 2. The highest BCUT2D eigenvalue weighted by Crippen LogP contribution is 2.12. The van der Waals surface area contributed by atoms with Gasteiger partial charge < -0.3 is 10.2 Å². The van der Waals surface area contributed by atoms with Crippen LogP contribution in [0, 0.1) is 0 Å². The molecule has 0 aliphatic rings. The number of sulfonamides is 1. The van der Waals surface area contributed by atoms with Crippen LogP contribution in [0.15, 0.2) is 29.3 Å². The SMILES string of the molecule is CCS(=O)(=O)NCCCNC(=NC)N(C)Cc1cccc(Cl)c1.I. The first-order valence-electron chi connectivity index (χ1n) is 7.51. The molecule has 0 aromatic heterocycles. The molecular formula is C15H26ClIN4O2S. The Bertz CT molecular complexity index is 626.